The van der Waals surface area contributed by atoms with Gasteiger partial charge in [0.15, 0.2) is 0 Å². The van der Waals surface area contributed by atoms with Crippen molar-refractivity contribution in [2.45, 2.75) is 13.5 Å². The van der Waals surface area contributed by atoms with Crippen molar-refractivity contribution in [1.82, 2.24) is 15.0 Å². The van der Waals surface area contributed by atoms with Gasteiger partial charge in [0.05, 0.1) is 17.8 Å². The van der Waals surface area contributed by atoms with Crippen LogP contribution < -0.4 is 15.6 Å². The molecule has 0 unspecified atom stereocenters. The normalized spacial score (nSPS) is 10.3. The molecule has 2 heterocycles. The molecule has 0 fully saturated rings. The van der Waals surface area contributed by atoms with Crippen molar-refractivity contribution in [1.29, 1.82) is 0 Å². The van der Waals surface area contributed by atoms with Crippen molar-refractivity contribution >= 4 is 21.7 Å². The van der Waals surface area contributed by atoms with Gasteiger partial charge in [-0.25, -0.2) is 4.98 Å². The lowest BCUT2D eigenvalue weighted by Crippen LogP contribution is -2.10. The van der Waals surface area contributed by atoms with E-state index in [1.807, 2.05) is 13.0 Å². The van der Waals surface area contributed by atoms with Crippen LogP contribution in [0.2, 0.25) is 0 Å². The summed E-state index contributed by atoms with van der Waals surface area (Å²) in [5.74, 6) is 0.616. The average Bonchev–Trinajstić information content (AvgIpc) is 2.37. The number of hydrogen-bond acceptors (Lipinski definition) is 5. The fourth-order valence-electron chi connectivity index (χ4n) is 1.62. The molecule has 0 saturated heterocycles. The van der Waals surface area contributed by atoms with Gasteiger partial charge in [-0.2, -0.15) is 4.98 Å². The minimum absolute atomic E-state index is 0.115. The highest BCUT2D eigenvalue weighted by molar-refractivity contribution is 9.10. The molecule has 100 valence electrons. The molecule has 2 rings (SSSR count). The molecule has 0 radical (unpaired) electrons. The van der Waals surface area contributed by atoms with Gasteiger partial charge < -0.3 is 15.0 Å². The molecule has 2 aromatic heterocycles. The first-order valence-corrected chi connectivity index (χ1v) is 6.38. The first-order chi connectivity index (χ1) is 9.08. The standard InChI is InChI=1S/C12H13BrN4O2/c1-7-3-8(4-10(18)16-7)5-14-11-9(13)6-15-12(17-11)19-2/h3-4,6H,5H2,1-2H3,(H,16,18)(H,14,15,17). The van der Waals surface area contributed by atoms with Gasteiger partial charge in [0, 0.05) is 18.3 Å². The van der Waals surface area contributed by atoms with Crippen LogP contribution in [0.1, 0.15) is 11.3 Å². The molecule has 0 aliphatic rings. The first-order valence-electron chi connectivity index (χ1n) is 5.58. The molecular weight excluding hydrogens is 312 g/mol. The number of H-pyrrole nitrogens is 1. The Labute approximate surface area is 118 Å². The van der Waals surface area contributed by atoms with Crippen molar-refractivity contribution in [2.75, 3.05) is 12.4 Å². The predicted octanol–water partition coefficient (Wildman–Crippen LogP) is 1.86. The predicted molar refractivity (Wildman–Crippen MR) is 75.4 cm³/mol. The second kappa shape index (κ2) is 5.83. The van der Waals surface area contributed by atoms with Crippen LogP contribution in [-0.4, -0.2) is 22.1 Å². The number of hydrogen-bond donors (Lipinski definition) is 2. The summed E-state index contributed by atoms with van der Waals surface area (Å²) < 4.78 is 5.69. The molecular formula is C12H13BrN4O2. The number of nitrogens with one attached hydrogen (secondary N) is 2. The van der Waals surface area contributed by atoms with Gasteiger partial charge >= 0.3 is 6.01 Å². The lowest BCUT2D eigenvalue weighted by molar-refractivity contribution is 0.380. The Hall–Kier alpha value is -1.89. The zero-order valence-electron chi connectivity index (χ0n) is 10.5. The number of aryl methyl sites for hydroxylation is 1. The molecule has 0 saturated carbocycles. The van der Waals surface area contributed by atoms with Crippen molar-refractivity contribution < 1.29 is 4.74 Å². The maximum Gasteiger partial charge on any atom is 0.318 e. The van der Waals surface area contributed by atoms with Gasteiger partial charge in [0.1, 0.15) is 5.82 Å². The van der Waals surface area contributed by atoms with E-state index in [4.69, 9.17) is 4.74 Å². The van der Waals surface area contributed by atoms with Crippen molar-refractivity contribution in [2.24, 2.45) is 0 Å². The molecule has 2 aromatic rings. The number of aromatic nitrogens is 3. The second-order valence-electron chi connectivity index (χ2n) is 3.94. The Morgan fingerprint density at radius 3 is 2.95 bits per heavy atom. The number of rotatable bonds is 4. The van der Waals surface area contributed by atoms with Gasteiger partial charge in [-0.3, -0.25) is 4.79 Å². The van der Waals surface area contributed by atoms with Crippen LogP contribution >= 0.6 is 15.9 Å². The number of nitrogens with zero attached hydrogens (tertiary/aromatic N) is 2. The minimum atomic E-state index is -0.115. The summed E-state index contributed by atoms with van der Waals surface area (Å²) >= 11 is 3.35. The highest BCUT2D eigenvalue weighted by Gasteiger charge is 2.05. The summed E-state index contributed by atoms with van der Waals surface area (Å²) in [6, 6.07) is 3.74. The largest absolute Gasteiger partial charge is 0.467 e. The van der Waals surface area contributed by atoms with Gasteiger partial charge in [0.25, 0.3) is 0 Å². The molecule has 19 heavy (non-hydrogen) atoms. The summed E-state index contributed by atoms with van der Waals surface area (Å²) in [5.41, 5.74) is 1.59. The minimum Gasteiger partial charge on any atom is -0.467 e. The van der Waals surface area contributed by atoms with E-state index in [2.05, 4.69) is 36.2 Å². The van der Waals surface area contributed by atoms with Crippen LogP contribution in [0.15, 0.2) is 27.6 Å². The summed E-state index contributed by atoms with van der Waals surface area (Å²) in [4.78, 5) is 22.2. The van der Waals surface area contributed by atoms with Gasteiger partial charge in [0.2, 0.25) is 5.56 Å². The molecule has 0 spiro atoms. The van der Waals surface area contributed by atoms with Crippen molar-refractivity contribution in [3.05, 3.63) is 44.4 Å². The van der Waals surface area contributed by atoms with Crippen molar-refractivity contribution in [3.8, 4) is 6.01 Å². The van der Waals surface area contributed by atoms with E-state index in [0.717, 1.165) is 15.7 Å². The Bertz CT molecular complexity index is 642. The number of pyridine rings is 1. The molecule has 0 amide bonds. The molecule has 0 aliphatic heterocycles. The fourth-order valence-corrected chi connectivity index (χ4v) is 1.95. The summed E-state index contributed by atoms with van der Waals surface area (Å²) in [5, 5.41) is 3.13. The van der Waals surface area contributed by atoms with Gasteiger partial charge in [-0.15, -0.1) is 0 Å². The lowest BCUT2D eigenvalue weighted by atomic mass is 10.2. The third-order valence-electron chi connectivity index (χ3n) is 2.40. The van der Waals surface area contributed by atoms with Crippen LogP contribution in [0.25, 0.3) is 0 Å². The average molecular weight is 325 g/mol. The molecule has 0 aliphatic carbocycles. The number of anilines is 1. The third-order valence-corrected chi connectivity index (χ3v) is 2.98. The van der Waals surface area contributed by atoms with E-state index >= 15 is 0 Å². The maximum atomic E-state index is 11.4. The second-order valence-corrected chi connectivity index (χ2v) is 4.80. The fraction of sp³-hybridized carbons (Fsp3) is 0.250. The quantitative estimate of drug-likeness (QED) is 0.897. The molecule has 0 bridgehead atoms. The van der Waals surface area contributed by atoms with E-state index < -0.39 is 0 Å². The van der Waals surface area contributed by atoms with Crippen molar-refractivity contribution in [3.63, 3.8) is 0 Å². The van der Waals surface area contributed by atoms with E-state index in [-0.39, 0.29) is 11.6 Å². The van der Waals surface area contributed by atoms with Gasteiger partial charge in [-0.1, -0.05) is 0 Å². The SMILES string of the molecule is COc1ncc(Br)c(NCc2cc(C)[nH]c(=O)c2)n1. The number of methoxy groups -OCH3 is 1. The monoisotopic (exact) mass is 324 g/mol. The van der Waals surface area contributed by atoms with Crippen LogP contribution in [0, 0.1) is 6.92 Å². The smallest absolute Gasteiger partial charge is 0.318 e. The number of aromatic amines is 1. The lowest BCUT2D eigenvalue weighted by Gasteiger charge is -2.08. The van der Waals surface area contributed by atoms with Crippen LogP contribution in [0.3, 0.4) is 0 Å². The Morgan fingerprint density at radius 2 is 2.26 bits per heavy atom. The molecule has 0 atom stereocenters. The highest BCUT2D eigenvalue weighted by atomic mass is 79.9. The molecule has 2 N–H and O–H groups in total. The van der Waals surface area contributed by atoms with E-state index in [1.54, 1.807) is 12.3 Å². The highest BCUT2D eigenvalue weighted by Crippen LogP contribution is 2.21. The summed E-state index contributed by atoms with van der Waals surface area (Å²) in [6.07, 6.45) is 1.61. The van der Waals surface area contributed by atoms with Crippen LogP contribution in [-0.2, 0) is 6.54 Å². The van der Waals surface area contributed by atoms with E-state index in [1.165, 1.54) is 7.11 Å². The molecule has 6 nitrogen and oxygen atoms in total. The van der Waals surface area contributed by atoms with Crippen LogP contribution in [0.4, 0.5) is 5.82 Å². The van der Waals surface area contributed by atoms with Gasteiger partial charge in [-0.05, 0) is 34.5 Å². The Morgan fingerprint density at radius 1 is 1.47 bits per heavy atom. The number of ether oxygens (including phenoxy) is 1. The van der Waals surface area contributed by atoms with E-state index in [9.17, 15) is 4.79 Å². The molecule has 0 aromatic carbocycles. The van der Waals surface area contributed by atoms with Crippen LogP contribution in [0.5, 0.6) is 6.01 Å². The zero-order chi connectivity index (χ0) is 13.8. The Kier molecular flexibility index (Phi) is 4.16. The topological polar surface area (TPSA) is 79.9 Å². The first kappa shape index (κ1) is 13.5. The maximum absolute atomic E-state index is 11.4. The molecule has 7 heteroatoms. The number of halogens is 1. The van der Waals surface area contributed by atoms with E-state index in [0.29, 0.717) is 12.4 Å². The Balaban J connectivity index is 2.16. The third kappa shape index (κ3) is 3.54. The summed E-state index contributed by atoms with van der Waals surface area (Å²) in [7, 11) is 1.51. The summed E-state index contributed by atoms with van der Waals surface area (Å²) in [6.45, 7) is 2.33. The zero-order valence-corrected chi connectivity index (χ0v) is 12.1.